The summed E-state index contributed by atoms with van der Waals surface area (Å²) < 4.78 is 0. The molecule has 0 bridgehead atoms. The molecule has 0 heterocycles. The zero-order chi connectivity index (χ0) is 15.5. The Morgan fingerprint density at radius 1 is 1.10 bits per heavy atom. The van der Waals surface area contributed by atoms with Crippen molar-refractivity contribution in [3.8, 4) is 0 Å². The molecule has 120 valence electrons. The molecule has 1 rings (SSSR count). The molecule has 0 aromatic rings. The molecule has 0 N–H and O–H groups in total. The summed E-state index contributed by atoms with van der Waals surface area (Å²) in [4.78, 5) is 10.9. The van der Waals surface area contributed by atoms with Crippen molar-refractivity contribution < 1.29 is 4.79 Å². The van der Waals surface area contributed by atoms with Gasteiger partial charge in [-0.05, 0) is 44.4 Å². The third-order valence-corrected chi connectivity index (χ3v) is 4.30. The van der Waals surface area contributed by atoms with Crippen molar-refractivity contribution >= 4 is 5.78 Å². The van der Waals surface area contributed by atoms with Crippen molar-refractivity contribution in [1.82, 2.24) is 0 Å². The predicted molar refractivity (Wildman–Crippen MR) is 92.4 cm³/mol. The fraction of sp³-hybridized carbons (Fsp3) is 0.750. The minimum atomic E-state index is 0.321. The van der Waals surface area contributed by atoms with Crippen LogP contribution < -0.4 is 0 Å². The molecule has 1 aliphatic carbocycles. The van der Waals surface area contributed by atoms with Gasteiger partial charge >= 0.3 is 0 Å². The first-order valence-corrected chi connectivity index (χ1v) is 8.96. The van der Waals surface area contributed by atoms with E-state index >= 15 is 0 Å². The van der Waals surface area contributed by atoms with E-state index in [1.165, 1.54) is 44.1 Å². The summed E-state index contributed by atoms with van der Waals surface area (Å²) >= 11 is 0. The molecule has 0 aromatic heterocycles. The summed E-state index contributed by atoms with van der Waals surface area (Å²) in [5.41, 5.74) is 1.49. The highest BCUT2D eigenvalue weighted by Crippen LogP contribution is 2.25. The Hall–Kier alpha value is -0.850. The van der Waals surface area contributed by atoms with Crippen LogP contribution in [0.4, 0.5) is 0 Å². The molecule has 21 heavy (non-hydrogen) atoms. The van der Waals surface area contributed by atoms with Gasteiger partial charge in [0.2, 0.25) is 0 Å². The Balaban J connectivity index is 2.02. The van der Waals surface area contributed by atoms with Gasteiger partial charge in [-0.2, -0.15) is 0 Å². The lowest BCUT2D eigenvalue weighted by molar-refractivity contribution is -0.117. The number of allylic oxidation sites excluding steroid dienone is 4. The summed E-state index contributed by atoms with van der Waals surface area (Å²) in [6.07, 6.45) is 19.5. The van der Waals surface area contributed by atoms with Crippen LogP contribution in [-0.4, -0.2) is 5.78 Å². The topological polar surface area (TPSA) is 17.1 Å². The van der Waals surface area contributed by atoms with Crippen LogP contribution in [-0.2, 0) is 4.79 Å². The molecule has 1 nitrogen and oxygen atoms in total. The second-order valence-electron chi connectivity index (χ2n) is 7.06. The van der Waals surface area contributed by atoms with Gasteiger partial charge in [0, 0.05) is 6.42 Å². The third kappa shape index (κ3) is 9.66. The van der Waals surface area contributed by atoms with Crippen LogP contribution >= 0.6 is 0 Å². The number of Topliss-reactive ketones (excluding diaryl/α,β-unsaturated/α-hetero) is 1. The summed E-state index contributed by atoms with van der Waals surface area (Å²) in [6, 6.07) is 0. The first-order valence-electron chi connectivity index (χ1n) is 8.96. The lowest BCUT2D eigenvalue weighted by Gasteiger charge is -2.06. The SMILES string of the molecule is CC(=O)CCCCC1=CC(CCCCCCC(C)C)C=C1. The number of hydrogen-bond donors (Lipinski definition) is 0. The highest BCUT2D eigenvalue weighted by Gasteiger charge is 2.09. The first-order chi connectivity index (χ1) is 10.1. The average Bonchev–Trinajstić information content (AvgIpc) is 2.86. The predicted octanol–water partition coefficient (Wildman–Crippen LogP) is 6.24. The van der Waals surface area contributed by atoms with Gasteiger partial charge in [-0.3, -0.25) is 0 Å². The molecular weight excluding hydrogens is 256 g/mol. The molecule has 0 aliphatic heterocycles. The standard InChI is InChI=1S/C20H34O/c1-17(2)10-6-4-5-7-12-19-14-15-20(16-19)13-9-8-11-18(3)21/h14-17,19H,4-13H2,1-3H3. The van der Waals surface area contributed by atoms with Crippen LogP contribution in [0.25, 0.3) is 0 Å². The van der Waals surface area contributed by atoms with Crippen molar-refractivity contribution in [2.45, 2.75) is 85.0 Å². The van der Waals surface area contributed by atoms with Crippen molar-refractivity contribution in [2.24, 2.45) is 11.8 Å². The van der Waals surface area contributed by atoms with Gasteiger partial charge in [-0.1, -0.05) is 69.8 Å². The number of hydrogen-bond acceptors (Lipinski definition) is 1. The van der Waals surface area contributed by atoms with E-state index in [4.69, 9.17) is 0 Å². The number of ketones is 1. The highest BCUT2D eigenvalue weighted by molar-refractivity contribution is 5.75. The molecule has 1 unspecified atom stereocenters. The highest BCUT2D eigenvalue weighted by atomic mass is 16.1. The van der Waals surface area contributed by atoms with E-state index in [0.717, 1.165) is 31.6 Å². The van der Waals surface area contributed by atoms with E-state index in [1.54, 1.807) is 6.92 Å². The van der Waals surface area contributed by atoms with Gasteiger partial charge < -0.3 is 4.79 Å². The molecule has 0 aromatic carbocycles. The zero-order valence-electron chi connectivity index (χ0n) is 14.4. The Morgan fingerprint density at radius 3 is 2.57 bits per heavy atom. The van der Waals surface area contributed by atoms with Gasteiger partial charge in [0.1, 0.15) is 5.78 Å². The smallest absolute Gasteiger partial charge is 0.129 e. The molecule has 0 amide bonds. The normalized spacial score (nSPS) is 17.5. The monoisotopic (exact) mass is 290 g/mol. The lowest BCUT2D eigenvalue weighted by atomic mass is 9.99. The fourth-order valence-electron chi connectivity index (χ4n) is 2.97. The van der Waals surface area contributed by atoms with Gasteiger partial charge in [0.05, 0.1) is 0 Å². The number of unbranched alkanes of at least 4 members (excludes halogenated alkanes) is 4. The summed E-state index contributed by atoms with van der Waals surface area (Å²) in [6.45, 7) is 6.31. The molecular formula is C20H34O. The van der Waals surface area contributed by atoms with Crippen LogP contribution in [0.2, 0.25) is 0 Å². The Morgan fingerprint density at radius 2 is 1.86 bits per heavy atom. The average molecular weight is 290 g/mol. The number of carbonyl (C=O) groups excluding carboxylic acids is 1. The minimum absolute atomic E-state index is 0.321. The Kier molecular flexibility index (Phi) is 9.37. The van der Waals surface area contributed by atoms with Crippen LogP contribution in [0.15, 0.2) is 23.8 Å². The van der Waals surface area contributed by atoms with E-state index in [2.05, 4.69) is 32.1 Å². The quantitative estimate of drug-likeness (QED) is 0.388. The summed E-state index contributed by atoms with van der Waals surface area (Å²) in [5, 5.41) is 0. The summed E-state index contributed by atoms with van der Waals surface area (Å²) in [5.74, 6) is 1.86. The molecule has 0 spiro atoms. The molecule has 0 saturated heterocycles. The first kappa shape index (κ1) is 18.2. The lowest BCUT2D eigenvalue weighted by Crippen LogP contribution is -1.91. The molecule has 0 saturated carbocycles. The molecule has 1 heteroatoms. The van der Waals surface area contributed by atoms with Gasteiger partial charge in [0.25, 0.3) is 0 Å². The molecule has 0 fully saturated rings. The van der Waals surface area contributed by atoms with Crippen LogP contribution in [0, 0.1) is 11.8 Å². The minimum Gasteiger partial charge on any atom is -0.300 e. The van der Waals surface area contributed by atoms with Crippen LogP contribution in [0.5, 0.6) is 0 Å². The summed E-state index contributed by atoms with van der Waals surface area (Å²) in [7, 11) is 0. The second kappa shape index (κ2) is 10.8. The second-order valence-corrected chi connectivity index (χ2v) is 7.06. The maximum atomic E-state index is 10.9. The Bertz CT molecular complexity index is 349. The van der Waals surface area contributed by atoms with Gasteiger partial charge in [-0.25, -0.2) is 0 Å². The van der Waals surface area contributed by atoms with E-state index in [-0.39, 0.29) is 0 Å². The third-order valence-electron chi connectivity index (χ3n) is 4.30. The van der Waals surface area contributed by atoms with E-state index in [9.17, 15) is 4.79 Å². The zero-order valence-corrected chi connectivity index (χ0v) is 14.4. The van der Waals surface area contributed by atoms with Crippen molar-refractivity contribution in [3.05, 3.63) is 23.8 Å². The van der Waals surface area contributed by atoms with Crippen molar-refractivity contribution in [2.75, 3.05) is 0 Å². The largest absolute Gasteiger partial charge is 0.300 e. The van der Waals surface area contributed by atoms with Crippen LogP contribution in [0.1, 0.15) is 85.0 Å². The number of carbonyl (C=O) groups is 1. The number of rotatable bonds is 12. The maximum absolute atomic E-state index is 10.9. The fourth-order valence-corrected chi connectivity index (χ4v) is 2.97. The van der Waals surface area contributed by atoms with E-state index < -0.39 is 0 Å². The maximum Gasteiger partial charge on any atom is 0.129 e. The van der Waals surface area contributed by atoms with Gasteiger partial charge in [0.15, 0.2) is 0 Å². The molecule has 1 atom stereocenters. The van der Waals surface area contributed by atoms with Crippen LogP contribution in [0.3, 0.4) is 0 Å². The van der Waals surface area contributed by atoms with Crippen molar-refractivity contribution in [3.63, 3.8) is 0 Å². The van der Waals surface area contributed by atoms with E-state index in [1.807, 2.05) is 0 Å². The van der Waals surface area contributed by atoms with Gasteiger partial charge in [-0.15, -0.1) is 0 Å². The molecule has 1 aliphatic rings. The van der Waals surface area contributed by atoms with Crippen molar-refractivity contribution in [1.29, 1.82) is 0 Å². The Labute approximate surface area is 131 Å². The van der Waals surface area contributed by atoms with E-state index in [0.29, 0.717) is 11.7 Å². The molecule has 0 radical (unpaired) electrons.